The van der Waals surface area contributed by atoms with Crippen LogP contribution in [0.1, 0.15) is 115 Å². The molecule has 0 nitrogen and oxygen atoms in total. The third kappa shape index (κ3) is 10.4. The van der Waals surface area contributed by atoms with Gasteiger partial charge in [-0.25, -0.2) is 0 Å². The summed E-state index contributed by atoms with van der Waals surface area (Å²) in [5.74, 6) is 3.19. The van der Waals surface area contributed by atoms with E-state index < -0.39 is 0 Å². The molecule has 0 aliphatic heterocycles. The van der Waals surface area contributed by atoms with Gasteiger partial charge in [0.25, 0.3) is 0 Å². The molecule has 2 heteroatoms. The van der Waals surface area contributed by atoms with Crippen LogP contribution in [-0.4, -0.2) is 37.0 Å². The summed E-state index contributed by atoms with van der Waals surface area (Å²) >= 11 is 0. The minimum absolute atomic E-state index is 0.182. The Morgan fingerprint density at radius 1 is 0.500 bits per heavy atom. The van der Waals surface area contributed by atoms with Crippen molar-refractivity contribution in [3.05, 3.63) is 71.8 Å². The monoisotopic (exact) mass is 552 g/mol. The van der Waals surface area contributed by atoms with Crippen molar-refractivity contribution in [3.8, 4) is 0 Å². The summed E-state index contributed by atoms with van der Waals surface area (Å²) in [6.07, 6.45) is 23.2. The molecule has 1 saturated carbocycles. The predicted molar refractivity (Wildman–Crippen MR) is 177 cm³/mol. The molecule has 0 spiro atoms. The molecule has 2 aromatic carbocycles. The van der Waals surface area contributed by atoms with Crippen LogP contribution >= 0.6 is 15.8 Å². The van der Waals surface area contributed by atoms with Gasteiger partial charge in [-0.05, 0) is 110 Å². The van der Waals surface area contributed by atoms with Gasteiger partial charge in [-0.3, -0.25) is 0 Å². The third-order valence-corrected chi connectivity index (χ3v) is 14.8. The standard InChI is InChI=1S/C36H58P2/c1-5-9-23-37(24-10-6-2)29-33-27-35(31-19-15-13-16-20-31)36(32-21-17-14-18-22-32)28-34(33)30-38(25-11-7-3)26-12-8-4/h13-22,33-36H,5-12,23-30H2,1-4H3. The highest BCUT2D eigenvalue weighted by atomic mass is 31.1. The number of rotatable bonds is 18. The van der Waals surface area contributed by atoms with Gasteiger partial charge in [0.15, 0.2) is 0 Å². The van der Waals surface area contributed by atoms with E-state index in [1.165, 1.54) is 88.9 Å². The van der Waals surface area contributed by atoms with Crippen LogP contribution in [0.15, 0.2) is 60.7 Å². The summed E-state index contributed by atoms with van der Waals surface area (Å²) in [5, 5.41) is 0. The molecule has 3 rings (SSSR count). The molecule has 212 valence electrons. The van der Waals surface area contributed by atoms with Crippen molar-refractivity contribution in [2.24, 2.45) is 11.8 Å². The van der Waals surface area contributed by atoms with Gasteiger partial charge in [-0.15, -0.1) is 15.8 Å². The van der Waals surface area contributed by atoms with Gasteiger partial charge in [0.1, 0.15) is 0 Å². The summed E-state index contributed by atoms with van der Waals surface area (Å²) in [4.78, 5) is 0. The van der Waals surface area contributed by atoms with Crippen LogP contribution in [-0.2, 0) is 0 Å². The number of hydrogen-bond acceptors (Lipinski definition) is 0. The van der Waals surface area contributed by atoms with Crippen LogP contribution in [0.3, 0.4) is 0 Å². The van der Waals surface area contributed by atoms with E-state index in [4.69, 9.17) is 0 Å². The molecule has 4 unspecified atom stereocenters. The number of hydrogen-bond donors (Lipinski definition) is 0. The van der Waals surface area contributed by atoms with Gasteiger partial charge >= 0.3 is 0 Å². The first-order valence-corrected chi connectivity index (χ1v) is 20.0. The molecular formula is C36H58P2. The van der Waals surface area contributed by atoms with Crippen molar-refractivity contribution in [1.82, 2.24) is 0 Å². The molecule has 0 aromatic heterocycles. The first-order chi connectivity index (χ1) is 18.7. The summed E-state index contributed by atoms with van der Waals surface area (Å²) < 4.78 is 0. The van der Waals surface area contributed by atoms with Crippen LogP contribution < -0.4 is 0 Å². The second-order valence-corrected chi connectivity index (χ2v) is 17.2. The Balaban J connectivity index is 1.91. The highest BCUT2D eigenvalue weighted by Crippen LogP contribution is 2.55. The molecule has 1 aliphatic rings. The van der Waals surface area contributed by atoms with Crippen LogP contribution in [0.5, 0.6) is 0 Å². The average molecular weight is 553 g/mol. The van der Waals surface area contributed by atoms with Crippen LogP contribution in [0.4, 0.5) is 0 Å². The Morgan fingerprint density at radius 3 is 1.11 bits per heavy atom. The predicted octanol–water partition coefficient (Wildman–Crippen LogP) is 11.7. The Labute approximate surface area is 239 Å². The highest BCUT2D eigenvalue weighted by Gasteiger charge is 2.39. The Kier molecular flexibility index (Phi) is 15.6. The zero-order valence-corrected chi connectivity index (χ0v) is 27.1. The van der Waals surface area contributed by atoms with E-state index in [0.717, 1.165) is 11.8 Å². The second-order valence-electron chi connectivity index (χ2n) is 12.0. The van der Waals surface area contributed by atoms with Crippen LogP contribution in [0, 0.1) is 11.8 Å². The minimum atomic E-state index is 0.182. The normalized spacial score (nSPS) is 21.8. The second kappa shape index (κ2) is 18.6. The largest absolute Gasteiger partial charge is 0.106 e. The van der Waals surface area contributed by atoms with Gasteiger partial charge in [-0.2, -0.15) is 0 Å². The van der Waals surface area contributed by atoms with E-state index in [0.29, 0.717) is 11.8 Å². The maximum atomic E-state index is 2.43. The van der Waals surface area contributed by atoms with Gasteiger partial charge in [0.05, 0.1) is 0 Å². The molecule has 0 saturated heterocycles. The molecule has 0 radical (unpaired) electrons. The quantitative estimate of drug-likeness (QED) is 0.161. The molecule has 0 N–H and O–H groups in total. The minimum Gasteiger partial charge on any atom is -0.106 e. The van der Waals surface area contributed by atoms with Gasteiger partial charge < -0.3 is 0 Å². The van der Waals surface area contributed by atoms with E-state index in [-0.39, 0.29) is 15.8 Å². The molecule has 0 bridgehead atoms. The summed E-state index contributed by atoms with van der Waals surface area (Å²) in [6.45, 7) is 9.56. The SMILES string of the molecule is CCCCP(CCCC)CC1CC(c2ccccc2)C(c2ccccc2)CC1CP(CCCC)CCCC. The Hall–Kier alpha value is -0.700. The number of benzene rings is 2. The molecule has 1 aliphatic carbocycles. The summed E-state index contributed by atoms with van der Waals surface area (Å²) in [7, 11) is 0.364. The lowest BCUT2D eigenvalue weighted by Gasteiger charge is -2.45. The molecule has 0 heterocycles. The van der Waals surface area contributed by atoms with Crippen molar-refractivity contribution in [2.75, 3.05) is 37.0 Å². The smallest absolute Gasteiger partial charge is 0.00901 e. The molecule has 1 fully saturated rings. The lowest BCUT2D eigenvalue weighted by atomic mass is 9.65. The third-order valence-electron chi connectivity index (χ3n) is 9.02. The zero-order chi connectivity index (χ0) is 27.0. The molecule has 0 amide bonds. The topological polar surface area (TPSA) is 0 Å². The van der Waals surface area contributed by atoms with E-state index in [9.17, 15) is 0 Å². The molecule has 2 aromatic rings. The van der Waals surface area contributed by atoms with Crippen LogP contribution in [0.25, 0.3) is 0 Å². The fraction of sp³-hybridized carbons (Fsp3) is 0.667. The molecular weight excluding hydrogens is 494 g/mol. The number of unbranched alkanes of at least 4 members (excludes halogenated alkanes) is 4. The van der Waals surface area contributed by atoms with Crippen molar-refractivity contribution in [3.63, 3.8) is 0 Å². The van der Waals surface area contributed by atoms with Gasteiger partial charge in [0, 0.05) is 0 Å². The molecule has 4 atom stereocenters. The maximum absolute atomic E-state index is 2.43. The van der Waals surface area contributed by atoms with Crippen molar-refractivity contribution in [1.29, 1.82) is 0 Å². The lowest BCUT2D eigenvalue weighted by molar-refractivity contribution is 0.227. The van der Waals surface area contributed by atoms with E-state index in [2.05, 4.69) is 88.4 Å². The van der Waals surface area contributed by atoms with Gasteiger partial charge in [0.2, 0.25) is 0 Å². The van der Waals surface area contributed by atoms with E-state index >= 15 is 0 Å². The zero-order valence-electron chi connectivity index (χ0n) is 25.3. The van der Waals surface area contributed by atoms with E-state index in [1.807, 2.05) is 0 Å². The fourth-order valence-corrected chi connectivity index (χ4v) is 13.2. The van der Waals surface area contributed by atoms with Crippen LogP contribution in [0.2, 0.25) is 0 Å². The van der Waals surface area contributed by atoms with Crippen molar-refractivity contribution < 1.29 is 0 Å². The Morgan fingerprint density at radius 2 is 0.816 bits per heavy atom. The fourth-order valence-electron chi connectivity index (χ4n) is 6.73. The maximum Gasteiger partial charge on any atom is -0.00901 e. The average Bonchev–Trinajstić information content (AvgIpc) is 2.97. The summed E-state index contributed by atoms with van der Waals surface area (Å²) in [5.41, 5.74) is 3.19. The van der Waals surface area contributed by atoms with Gasteiger partial charge in [-0.1, -0.05) is 114 Å². The van der Waals surface area contributed by atoms with Crippen molar-refractivity contribution in [2.45, 2.75) is 104 Å². The van der Waals surface area contributed by atoms with Crippen molar-refractivity contribution >= 4 is 15.8 Å². The first kappa shape index (κ1) is 31.8. The highest BCUT2D eigenvalue weighted by molar-refractivity contribution is 7.58. The Bertz CT molecular complexity index is 747. The molecule has 38 heavy (non-hydrogen) atoms. The van der Waals surface area contributed by atoms with E-state index in [1.54, 1.807) is 23.5 Å². The lowest BCUT2D eigenvalue weighted by Crippen LogP contribution is -2.33. The first-order valence-electron chi connectivity index (χ1n) is 16.2. The summed E-state index contributed by atoms with van der Waals surface area (Å²) in [6, 6.07) is 23.3.